The van der Waals surface area contributed by atoms with E-state index in [1.54, 1.807) is 18.3 Å². The van der Waals surface area contributed by atoms with Gasteiger partial charge in [-0.15, -0.1) is 0 Å². The summed E-state index contributed by atoms with van der Waals surface area (Å²) in [5, 5.41) is 13.7. The zero-order valence-corrected chi connectivity index (χ0v) is 13.9. The summed E-state index contributed by atoms with van der Waals surface area (Å²) in [6, 6.07) is 20.3. The van der Waals surface area contributed by atoms with Gasteiger partial charge in [0.2, 0.25) is 4.77 Å². The van der Waals surface area contributed by atoms with Crippen LogP contribution in [0, 0.1) is 10.6 Å². The third kappa shape index (κ3) is 3.12. The van der Waals surface area contributed by atoms with Crippen molar-refractivity contribution in [3.05, 3.63) is 82.9 Å². The molecule has 25 heavy (non-hydrogen) atoms. The summed E-state index contributed by atoms with van der Waals surface area (Å²) < 4.78 is 15.0. The summed E-state index contributed by atoms with van der Waals surface area (Å²) in [4.78, 5) is 0. The number of nitrogens with zero attached hydrogens (tertiary/aromatic N) is 3. The molecule has 1 aromatic heterocycles. The SMILES string of the molecule is Fc1ccc(-c2n[nH]c(=S)n2/N=C\c2ccc3ccccc3c2)cc1. The molecule has 3 aromatic carbocycles. The van der Waals surface area contributed by atoms with Crippen molar-refractivity contribution in [1.82, 2.24) is 14.9 Å². The molecule has 0 saturated carbocycles. The molecule has 6 heteroatoms. The van der Waals surface area contributed by atoms with E-state index < -0.39 is 0 Å². The van der Waals surface area contributed by atoms with Crippen molar-refractivity contribution in [2.24, 2.45) is 5.10 Å². The van der Waals surface area contributed by atoms with Crippen molar-refractivity contribution < 1.29 is 4.39 Å². The normalized spacial score (nSPS) is 11.4. The van der Waals surface area contributed by atoms with Crippen molar-refractivity contribution in [2.45, 2.75) is 0 Å². The lowest BCUT2D eigenvalue weighted by Crippen LogP contribution is -1.95. The average Bonchev–Trinajstić information content (AvgIpc) is 3.01. The van der Waals surface area contributed by atoms with Gasteiger partial charge in [-0.3, -0.25) is 0 Å². The summed E-state index contributed by atoms with van der Waals surface area (Å²) in [5.74, 6) is 0.228. The quantitative estimate of drug-likeness (QED) is 0.428. The molecule has 0 aliphatic rings. The predicted molar refractivity (Wildman–Crippen MR) is 99.7 cm³/mol. The zero-order chi connectivity index (χ0) is 17.2. The number of benzene rings is 3. The molecule has 0 atom stereocenters. The average molecular weight is 348 g/mol. The van der Waals surface area contributed by atoms with Gasteiger partial charge in [0, 0.05) is 5.56 Å². The summed E-state index contributed by atoms with van der Waals surface area (Å²) in [5.41, 5.74) is 1.68. The second-order valence-corrected chi connectivity index (χ2v) is 5.91. The first kappa shape index (κ1) is 15.4. The van der Waals surface area contributed by atoms with E-state index >= 15 is 0 Å². The Hall–Kier alpha value is -3.12. The van der Waals surface area contributed by atoms with Crippen LogP contribution in [0.5, 0.6) is 0 Å². The maximum absolute atomic E-state index is 13.1. The van der Waals surface area contributed by atoms with Gasteiger partial charge in [-0.2, -0.15) is 14.9 Å². The summed E-state index contributed by atoms with van der Waals surface area (Å²) >= 11 is 5.25. The topological polar surface area (TPSA) is 46.0 Å². The lowest BCUT2D eigenvalue weighted by Gasteiger charge is -2.02. The molecule has 4 rings (SSSR count). The maximum Gasteiger partial charge on any atom is 0.216 e. The number of nitrogens with one attached hydrogen (secondary N) is 1. The number of H-pyrrole nitrogens is 1. The molecule has 4 nitrogen and oxygen atoms in total. The molecule has 0 saturated heterocycles. The first-order valence-electron chi connectivity index (χ1n) is 7.67. The van der Waals surface area contributed by atoms with Gasteiger partial charge in [0.15, 0.2) is 5.82 Å². The molecule has 4 aromatic rings. The van der Waals surface area contributed by atoms with E-state index in [1.165, 1.54) is 22.2 Å². The number of fused-ring (bicyclic) bond motifs is 1. The Bertz CT molecular complexity index is 1130. The van der Waals surface area contributed by atoms with Crippen LogP contribution in [-0.4, -0.2) is 21.1 Å². The molecular weight excluding hydrogens is 335 g/mol. The standard InChI is InChI=1S/C19H13FN4S/c20-17-9-7-15(8-10-17)18-22-23-19(25)24(18)21-12-13-5-6-14-3-1-2-4-16(14)11-13/h1-12H,(H,23,25)/b21-12-. The Kier molecular flexibility index (Phi) is 3.95. The molecule has 0 unspecified atom stereocenters. The zero-order valence-electron chi connectivity index (χ0n) is 13.1. The van der Waals surface area contributed by atoms with E-state index in [1.807, 2.05) is 24.3 Å². The van der Waals surface area contributed by atoms with Gasteiger partial charge in [-0.1, -0.05) is 36.4 Å². The number of rotatable bonds is 3. The van der Waals surface area contributed by atoms with E-state index in [0.29, 0.717) is 10.6 Å². The third-order valence-electron chi connectivity index (χ3n) is 3.85. The van der Waals surface area contributed by atoms with Crippen molar-refractivity contribution in [3.8, 4) is 11.4 Å². The summed E-state index contributed by atoms with van der Waals surface area (Å²) in [6.45, 7) is 0. The highest BCUT2D eigenvalue weighted by Crippen LogP contribution is 2.18. The molecule has 0 aliphatic carbocycles. The number of aromatic nitrogens is 3. The van der Waals surface area contributed by atoms with E-state index in [0.717, 1.165) is 16.5 Å². The first-order chi connectivity index (χ1) is 12.2. The molecule has 0 radical (unpaired) electrons. The molecule has 122 valence electrons. The van der Waals surface area contributed by atoms with Gasteiger partial charge in [0.05, 0.1) is 6.21 Å². The lowest BCUT2D eigenvalue weighted by molar-refractivity contribution is 0.628. The monoisotopic (exact) mass is 348 g/mol. The first-order valence-corrected chi connectivity index (χ1v) is 8.08. The fraction of sp³-hybridized carbons (Fsp3) is 0. The van der Waals surface area contributed by atoms with Crippen molar-refractivity contribution in [2.75, 3.05) is 0 Å². The molecule has 0 spiro atoms. The van der Waals surface area contributed by atoms with Gasteiger partial charge in [-0.05, 0) is 58.9 Å². The van der Waals surface area contributed by atoms with Crippen LogP contribution < -0.4 is 0 Å². The minimum atomic E-state index is -0.302. The highest BCUT2D eigenvalue weighted by atomic mass is 32.1. The van der Waals surface area contributed by atoms with Crippen molar-refractivity contribution in [1.29, 1.82) is 0 Å². The fourth-order valence-electron chi connectivity index (χ4n) is 2.60. The van der Waals surface area contributed by atoms with E-state index in [-0.39, 0.29) is 5.82 Å². The van der Waals surface area contributed by atoms with Crippen molar-refractivity contribution >= 4 is 29.2 Å². The van der Waals surface area contributed by atoms with Crippen LogP contribution in [0.2, 0.25) is 0 Å². The van der Waals surface area contributed by atoms with Crippen LogP contribution in [0.25, 0.3) is 22.2 Å². The van der Waals surface area contributed by atoms with Gasteiger partial charge in [0.25, 0.3) is 0 Å². The number of halogens is 1. The van der Waals surface area contributed by atoms with E-state index in [9.17, 15) is 4.39 Å². The highest BCUT2D eigenvalue weighted by molar-refractivity contribution is 7.71. The van der Waals surface area contributed by atoms with Gasteiger partial charge in [-0.25, -0.2) is 9.49 Å². The number of hydrogen-bond acceptors (Lipinski definition) is 3. The maximum atomic E-state index is 13.1. The minimum Gasteiger partial charge on any atom is -0.250 e. The van der Waals surface area contributed by atoms with Gasteiger partial charge in [0.1, 0.15) is 5.82 Å². The predicted octanol–water partition coefficient (Wildman–Crippen LogP) is 4.78. The fourth-order valence-corrected chi connectivity index (χ4v) is 2.78. The lowest BCUT2D eigenvalue weighted by atomic mass is 10.1. The Morgan fingerprint density at radius 2 is 1.76 bits per heavy atom. The second kappa shape index (κ2) is 6.41. The number of aromatic amines is 1. The van der Waals surface area contributed by atoms with E-state index in [4.69, 9.17) is 12.2 Å². The molecular formula is C19H13FN4S. The second-order valence-electron chi connectivity index (χ2n) is 5.52. The molecule has 0 fully saturated rings. The van der Waals surface area contributed by atoms with E-state index in [2.05, 4.69) is 33.5 Å². The molecule has 0 bridgehead atoms. The number of hydrogen-bond donors (Lipinski definition) is 1. The smallest absolute Gasteiger partial charge is 0.216 e. The van der Waals surface area contributed by atoms with Crippen LogP contribution >= 0.6 is 12.2 Å². The Morgan fingerprint density at radius 3 is 2.56 bits per heavy atom. The molecule has 1 heterocycles. The third-order valence-corrected chi connectivity index (χ3v) is 4.11. The summed E-state index contributed by atoms with van der Waals surface area (Å²) in [7, 11) is 0. The van der Waals surface area contributed by atoms with Gasteiger partial charge >= 0.3 is 0 Å². The Labute approximate surface area is 148 Å². The Balaban J connectivity index is 1.72. The summed E-state index contributed by atoms with van der Waals surface area (Å²) in [6.07, 6.45) is 1.73. The van der Waals surface area contributed by atoms with Crippen LogP contribution in [0.15, 0.2) is 71.8 Å². The highest BCUT2D eigenvalue weighted by Gasteiger charge is 2.08. The van der Waals surface area contributed by atoms with Crippen LogP contribution in [0.1, 0.15) is 5.56 Å². The van der Waals surface area contributed by atoms with Crippen LogP contribution in [-0.2, 0) is 0 Å². The largest absolute Gasteiger partial charge is 0.250 e. The minimum absolute atomic E-state index is 0.302. The van der Waals surface area contributed by atoms with Crippen molar-refractivity contribution in [3.63, 3.8) is 0 Å². The molecule has 1 N–H and O–H groups in total. The molecule has 0 amide bonds. The Morgan fingerprint density at radius 1 is 1.00 bits per heavy atom. The van der Waals surface area contributed by atoms with Crippen LogP contribution in [0.4, 0.5) is 4.39 Å². The van der Waals surface area contributed by atoms with Crippen LogP contribution in [0.3, 0.4) is 0 Å². The van der Waals surface area contributed by atoms with Gasteiger partial charge < -0.3 is 0 Å². The molecule has 0 aliphatic heterocycles.